The van der Waals surface area contributed by atoms with E-state index in [1.165, 1.54) is 0 Å². The Bertz CT molecular complexity index is 460. The van der Waals surface area contributed by atoms with Crippen LogP contribution in [0.1, 0.15) is 24.0 Å². The highest BCUT2D eigenvalue weighted by molar-refractivity contribution is 5.74. The number of hydrogen-bond donors (Lipinski definition) is 1. The molecule has 1 fully saturated rings. The Hall–Kier alpha value is -2.02. The molecule has 0 heterocycles. The molecule has 0 bridgehead atoms. The van der Waals surface area contributed by atoms with Crippen LogP contribution in [0.15, 0.2) is 24.3 Å². The molecular weight excluding hydrogens is 214 g/mol. The number of urea groups is 1. The van der Waals surface area contributed by atoms with E-state index in [0.29, 0.717) is 18.2 Å². The summed E-state index contributed by atoms with van der Waals surface area (Å²) in [7, 11) is 1.76. The molecule has 1 saturated carbocycles. The summed E-state index contributed by atoms with van der Waals surface area (Å²) in [6, 6.07) is 9.73. The van der Waals surface area contributed by atoms with E-state index in [2.05, 4.69) is 11.4 Å². The van der Waals surface area contributed by atoms with Gasteiger partial charge in [-0.15, -0.1) is 0 Å². The van der Waals surface area contributed by atoms with Crippen LogP contribution in [0.4, 0.5) is 4.79 Å². The third-order valence-electron chi connectivity index (χ3n) is 2.73. The lowest BCUT2D eigenvalue weighted by Crippen LogP contribution is -2.37. The number of carbonyl (C=O) groups is 1. The summed E-state index contributed by atoms with van der Waals surface area (Å²) in [5.41, 5.74) is 1.59. The molecule has 17 heavy (non-hydrogen) atoms. The molecule has 0 radical (unpaired) electrons. The van der Waals surface area contributed by atoms with E-state index in [1.54, 1.807) is 24.1 Å². The fourth-order valence-electron chi connectivity index (χ4n) is 1.60. The van der Waals surface area contributed by atoms with Crippen LogP contribution in [0, 0.1) is 11.3 Å². The Labute approximate surface area is 101 Å². The van der Waals surface area contributed by atoms with Crippen LogP contribution in [-0.4, -0.2) is 24.0 Å². The minimum atomic E-state index is -0.0464. The molecule has 0 aromatic heterocycles. The molecule has 1 aromatic carbocycles. The zero-order chi connectivity index (χ0) is 12.3. The Morgan fingerprint density at radius 2 is 2.35 bits per heavy atom. The Kier molecular flexibility index (Phi) is 3.29. The Morgan fingerprint density at radius 1 is 1.59 bits per heavy atom. The zero-order valence-corrected chi connectivity index (χ0v) is 9.81. The third kappa shape index (κ3) is 3.22. The Morgan fingerprint density at radius 3 is 3.00 bits per heavy atom. The first-order valence-corrected chi connectivity index (χ1v) is 5.69. The van der Waals surface area contributed by atoms with E-state index in [0.717, 1.165) is 18.4 Å². The molecule has 4 heteroatoms. The van der Waals surface area contributed by atoms with Crippen molar-refractivity contribution in [3.8, 4) is 6.07 Å². The smallest absolute Gasteiger partial charge is 0.317 e. The van der Waals surface area contributed by atoms with Gasteiger partial charge in [0.25, 0.3) is 0 Å². The fraction of sp³-hybridized carbons (Fsp3) is 0.385. The number of nitrogens with one attached hydrogen (secondary N) is 1. The molecule has 1 aliphatic carbocycles. The van der Waals surface area contributed by atoms with Crippen molar-refractivity contribution in [2.75, 3.05) is 7.05 Å². The van der Waals surface area contributed by atoms with E-state index in [4.69, 9.17) is 5.26 Å². The largest absolute Gasteiger partial charge is 0.335 e. The van der Waals surface area contributed by atoms with Crippen LogP contribution in [0.2, 0.25) is 0 Å². The van der Waals surface area contributed by atoms with Crippen LogP contribution in [-0.2, 0) is 6.54 Å². The van der Waals surface area contributed by atoms with Crippen LogP contribution < -0.4 is 5.32 Å². The maximum absolute atomic E-state index is 11.7. The minimum absolute atomic E-state index is 0.0464. The van der Waals surface area contributed by atoms with E-state index in [9.17, 15) is 4.79 Å². The molecule has 0 spiro atoms. The van der Waals surface area contributed by atoms with Crippen molar-refractivity contribution in [2.24, 2.45) is 0 Å². The predicted octanol–water partition coefficient (Wildman–Crippen LogP) is 1.86. The lowest BCUT2D eigenvalue weighted by molar-refractivity contribution is 0.206. The molecule has 1 aromatic rings. The van der Waals surface area contributed by atoms with Crippen LogP contribution in [0.3, 0.4) is 0 Å². The number of nitriles is 1. The first-order chi connectivity index (χ1) is 8.19. The number of carbonyl (C=O) groups excluding carboxylic acids is 1. The summed E-state index contributed by atoms with van der Waals surface area (Å²) >= 11 is 0. The molecule has 2 rings (SSSR count). The van der Waals surface area contributed by atoms with Crippen molar-refractivity contribution in [3.63, 3.8) is 0 Å². The molecule has 2 amide bonds. The third-order valence-corrected chi connectivity index (χ3v) is 2.73. The lowest BCUT2D eigenvalue weighted by atomic mass is 10.1. The highest BCUT2D eigenvalue weighted by Crippen LogP contribution is 2.19. The summed E-state index contributed by atoms with van der Waals surface area (Å²) < 4.78 is 0. The topological polar surface area (TPSA) is 56.1 Å². The van der Waals surface area contributed by atoms with Gasteiger partial charge in [0.2, 0.25) is 0 Å². The average Bonchev–Trinajstić information content (AvgIpc) is 3.13. The molecule has 4 nitrogen and oxygen atoms in total. The molecule has 0 unspecified atom stereocenters. The summed E-state index contributed by atoms with van der Waals surface area (Å²) in [6.45, 7) is 0.522. The van der Waals surface area contributed by atoms with Crippen LogP contribution in [0.5, 0.6) is 0 Å². The molecule has 1 aliphatic rings. The zero-order valence-electron chi connectivity index (χ0n) is 9.81. The second kappa shape index (κ2) is 4.88. The number of amides is 2. The summed E-state index contributed by atoms with van der Waals surface area (Å²) in [5.74, 6) is 0. The van der Waals surface area contributed by atoms with Gasteiger partial charge < -0.3 is 10.2 Å². The van der Waals surface area contributed by atoms with Gasteiger partial charge in [0.1, 0.15) is 0 Å². The van der Waals surface area contributed by atoms with Gasteiger partial charge in [-0.3, -0.25) is 0 Å². The van der Waals surface area contributed by atoms with E-state index >= 15 is 0 Å². The van der Waals surface area contributed by atoms with Gasteiger partial charge in [-0.25, -0.2) is 4.79 Å². The fourth-order valence-corrected chi connectivity index (χ4v) is 1.60. The highest BCUT2D eigenvalue weighted by Gasteiger charge is 2.24. The molecular formula is C13H15N3O. The summed E-state index contributed by atoms with van der Waals surface area (Å²) in [4.78, 5) is 13.3. The standard InChI is InChI=1S/C13H15N3O/c1-16(13(17)15-12-5-6-12)9-11-4-2-3-10(7-11)8-14/h2-4,7,12H,5-6,9H2,1H3,(H,15,17). The molecule has 0 aliphatic heterocycles. The van der Waals surface area contributed by atoms with Crippen molar-refractivity contribution < 1.29 is 4.79 Å². The maximum Gasteiger partial charge on any atom is 0.317 e. The summed E-state index contributed by atoms with van der Waals surface area (Å²) in [5, 5.41) is 11.7. The number of hydrogen-bond acceptors (Lipinski definition) is 2. The van der Waals surface area contributed by atoms with Crippen molar-refractivity contribution in [1.82, 2.24) is 10.2 Å². The van der Waals surface area contributed by atoms with Crippen LogP contribution >= 0.6 is 0 Å². The minimum Gasteiger partial charge on any atom is -0.335 e. The van der Waals surface area contributed by atoms with E-state index in [1.807, 2.05) is 12.1 Å². The monoisotopic (exact) mass is 229 g/mol. The van der Waals surface area contributed by atoms with Gasteiger partial charge in [0.05, 0.1) is 11.6 Å². The normalized spacial score (nSPS) is 13.9. The molecule has 88 valence electrons. The first-order valence-electron chi connectivity index (χ1n) is 5.69. The Balaban J connectivity index is 1.94. The average molecular weight is 229 g/mol. The predicted molar refractivity (Wildman–Crippen MR) is 64.2 cm³/mol. The lowest BCUT2D eigenvalue weighted by Gasteiger charge is -2.17. The SMILES string of the molecule is CN(Cc1cccc(C#N)c1)C(=O)NC1CC1. The van der Waals surface area contributed by atoms with Crippen molar-refractivity contribution in [2.45, 2.75) is 25.4 Å². The van der Waals surface area contributed by atoms with E-state index in [-0.39, 0.29) is 6.03 Å². The second-order valence-electron chi connectivity index (χ2n) is 4.39. The maximum atomic E-state index is 11.7. The molecule has 0 atom stereocenters. The second-order valence-corrected chi connectivity index (χ2v) is 4.39. The molecule has 1 N–H and O–H groups in total. The van der Waals surface area contributed by atoms with Gasteiger partial charge in [0, 0.05) is 19.6 Å². The number of nitrogens with zero attached hydrogens (tertiary/aromatic N) is 2. The van der Waals surface area contributed by atoms with Crippen LogP contribution in [0.25, 0.3) is 0 Å². The van der Waals surface area contributed by atoms with Crippen molar-refractivity contribution in [3.05, 3.63) is 35.4 Å². The molecule has 0 saturated heterocycles. The summed E-state index contributed by atoms with van der Waals surface area (Å²) in [6.07, 6.45) is 2.17. The van der Waals surface area contributed by atoms with Crippen molar-refractivity contribution >= 4 is 6.03 Å². The van der Waals surface area contributed by atoms with Gasteiger partial charge in [-0.1, -0.05) is 12.1 Å². The highest BCUT2D eigenvalue weighted by atomic mass is 16.2. The van der Waals surface area contributed by atoms with Gasteiger partial charge in [0.15, 0.2) is 0 Å². The van der Waals surface area contributed by atoms with Gasteiger partial charge in [-0.2, -0.15) is 5.26 Å². The number of benzene rings is 1. The number of rotatable bonds is 3. The van der Waals surface area contributed by atoms with Crippen molar-refractivity contribution in [1.29, 1.82) is 5.26 Å². The quantitative estimate of drug-likeness (QED) is 0.860. The van der Waals surface area contributed by atoms with E-state index < -0.39 is 0 Å². The first kappa shape index (κ1) is 11.5. The van der Waals surface area contributed by atoms with Gasteiger partial charge >= 0.3 is 6.03 Å². The van der Waals surface area contributed by atoms with Gasteiger partial charge in [-0.05, 0) is 30.5 Å².